The zero-order valence-corrected chi connectivity index (χ0v) is 18.3. The normalized spacial score (nSPS) is 15.4. The van der Waals surface area contributed by atoms with Crippen LogP contribution in [0.25, 0.3) is 0 Å². The minimum atomic E-state index is -7.50. The van der Waals surface area contributed by atoms with Crippen LogP contribution in [0.1, 0.15) is 32.1 Å². The van der Waals surface area contributed by atoms with Crippen LogP contribution < -0.4 is 0 Å². The molecular weight excluding hydrogens is 595 g/mol. The van der Waals surface area contributed by atoms with Crippen molar-refractivity contribution >= 4 is 17.6 Å². The molecule has 0 aromatic carbocycles. The summed E-state index contributed by atoms with van der Waals surface area (Å²) in [6.07, 6.45) is -21.2. The fourth-order valence-corrected chi connectivity index (χ4v) is 2.41. The Morgan fingerprint density at radius 1 is 0.541 bits per heavy atom. The molecule has 0 saturated heterocycles. The van der Waals surface area contributed by atoms with Crippen molar-refractivity contribution in [3.05, 3.63) is 11.6 Å². The maximum Gasteiger partial charge on any atom is 0.460 e. The van der Waals surface area contributed by atoms with Crippen LogP contribution in [0, 0.1) is 0 Å². The van der Waals surface area contributed by atoms with E-state index in [0.717, 1.165) is 0 Å². The second kappa shape index (κ2) is 11.2. The van der Waals surface area contributed by atoms with Crippen molar-refractivity contribution in [3.8, 4) is 0 Å². The molecule has 0 heterocycles. The van der Waals surface area contributed by atoms with E-state index in [4.69, 9.17) is 11.6 Å². The molecule has 0 rings (SSSR count). The van der Waals surface area contributed by atoms with E-state index in [1.54, 1.807) is 0 Å². The Kier molecular flexibility index (Phi) is 10.7. The van der Waals surface area contributed by atoms with Crippen LogP contribution in [0.3, 0.4) is 0 Å². The monoisotopic (exact) mass is 608 g/mol. The van der Waals surface area contributed by atoms with Crippen LogP contribution in [0.15, 0.2) is 11.6 Å². The molecule has 0 saturated carbocycles. The first-order valence-corrected chi connectivity index (χ1v) is 9.70. The molecule has 37 heavy (non-hydrogen) atoms. The van der Waals surface area contributed by atoms with Gasteiger partial charge in [-0.1, -0.05) is 11.6 Å². The summed E-state index contributed by atoms with van der Waals surface area (Å²) in [4.78, 5) is 10.8. The second-order valence-corrected chi connectivity index (χ2v) is 7.63. The van der Waals surface area contributed by atoms with Gasteiger partial charge in [0.15, 0.2) is 0 Å². The summed E-state index contributed by atoms with van der Waals surface area (Å²) < 4.78 is 227. The Bertz CT molecular complexity index is 804. The fraction of sp³-hybridized carbons (Fsp3) is 0.824. The molecule has 2 nitrogen and oxygen atoms in total. The molecule has 0 aliphatic rings. The number of alkyl halides is 17. The number of hydrogen-bond acceptors (Lipinski definition) is 2. The van der Waals surface area contributed by atoms with Gasteiger partial charge in [-0.25, -0.2) is 4.79 Å². The zero-order chi connectivity index (χ0) is 29.9. The molecule has 0 aliphatic heterocycles. The van der Waals surface area contributed by atoms with E-state index in [0.29, 0.717) is 11.6 Å². The lowest BCUT2D eigenvalue weighted by Gasteiger charge is -2.35. The second-order valence-electron chi connectivity index (χ2n) is 7.38. The van der Waals surface area contributed by atoms with E-state index >= 15 is 0 Å². The number of esters is 1. The maximum absolute atomic E-state index is 13.7. The molecule has 0 amide bonds. The van der Waals surface area contributed by atoms with Crippen molar-refractivity contribution in [1.82, 2.24) is 0 Å². The van der Waals surface area contributed by atoms with Gasteiger partial charge in [0, 0.05) is 37.3 Å². The molecular formula is C17H14ClF17O2. The minimum Gasteiger partial charge on any atom is -0.462 e. The lowest BCUT2D eigenvalue weighted by Crippen LogP contribution is -2.61. The number of carbonyl (C=O) groups is 1. The molecule has 0 spiro atoms. The molecule has 0 aliphatic carbocycles. The molecule has 0 radical (unpaired) electrons. The molecule has 0 aromatic rings. The number of ether oxygens (including phenoxy) is 1. The van der Waals surface area contributed by atoms with Gasteiger partial charge >= 0.3 is 53.6 Å². The summed E-state index contributed by atoms with van der Waals surface area (Å²) in [5.74, 6) is -45.7. The Balaban J connectivity index is 5.43. The fourth-order valence-electron chi connectivity index (χ4n) is 2.30. The van der Waals surface area contributed by atoms with E-state index < -0.39 is 92.3 Å². The van der Waals surface area contributed by atoms with Gasteiger partial charge in [0.2, 0.25) is 0 Å². The number of halogens is 18. The standard InChI is InChI=1S/C17H14ClF17O2/c18-7-1-9(36)37-8-6-13(25,26)12(23,24)3-2-10(19,20)11(21,22)4-5-14(27,28)15(29,30)16(31,32)17(33,34)35/h1,7H,2-6,8H2. The van der Waals surface area contributed by atoms with Gasteiger partial charge in [0.05, 0.1) is 13.0 Å². The van der Waals surface area contributed by atoms with Gasteiger partial charge in [-0.2, -0.15) is 74.6 Å². The molecule has 0 atom stereocenters. The third-order valence-electron chi connectivity index (χ3n) is 4.65. The zero-order valence-electron chi connectivity index (χ0n) is 17.5. The largest absolute Gasteiger partial charge is 0.462 e. The molecule has 220 valence electrons. The van der Waals surface area contributed by atoms with E-state index in [2.05, 4.69) is 4.74 Å². The van der Waals surface area contributed by atoms with Crippen molar-refractivity contribution in [2.75, 3.05) is 6.61 Å². The molecule has 0 bridgehead atoms. The molecule has 0 aromatic heterocycles. The summed E-state index contributed by atoms with van der Waals surface area (Å²) >= 11 is 4.93. The molecule has 0 N–H and O–H groups in total. The van der Waals surface area contributed by atoms with Crippen LogP contribution >= 0.6 is 11.6 Å². The Morgan fingerprint density at radius 2 is 0.865 bits per heavy atom. The SMILES string of the molecule is O=C(C=CCl)OCCC(F)(F)C(F)(F)CCC(F)(F)C(F)(F)CCC(F)(F)C(F)(F)C(F)(F)C(F)(F)F. The van der Waals surface area contributed by atoms with Crippen LogP contribution in [-0.4, -0.2) is 60.2 Å². The number of carbonyl (C=O) groups excluding carboxylic acids is 1. The quantitative estimate of drug-likeness (QED) is 0.113. The lowest BCUT2D eigenvalue weighted by molar-refractivity contribution is -0.398. The molecule has 0 unspecified atom stereocenters. The average molecular weight is 609 g/mol. The van der Waals surface area contributed by atoms with Crippen molar-refractivity contribution < 1.29 is 84.2 Å². The van der Waals surface area contributed by atoms with E-state index in [1.807, 2.05) is 0 Å². The molecule has 0 fully saturated rings. The van der Waals surface area contributed by atoms with E-state index in [9.17, 15) is 79.4 Å². The predicted octanol–water partition coefficient (Wildman–Crippen LogP) is 8.24. The summed E-state index contributed by atoms with van der Waals surface area (Å²) in [5, 5.41) is 0. The third-order valence-corrected chi connectivity index (χ3v) is 4.77. The topological polar surface area (TPSA) is 26.3 Å². The first-order valence-electron chi connectivity index (χ1n) is 9.27. The van der Waals surface area contributed by atoms with Gasteiger partial charge in [-0.05, 0) is 0 Å². The van der Waals surface area contributed by atoms with Gasteiger partial charge in [-0.15, -0.1) is 0 Å². The first-order chi connectivity index (χ1) is 16.1. The van der Waals surface area contributed by atoms with Crippen LogP contribution in [-0.2, 0) is 9.53 Å². The summed E-state index contributed by atoms with van der Waals surface area (Å²) in [6.45, 7) is -1.44. The van der Waals surface area contributed by atoms with Crippen molar-refractivity contribution in [2.45, 2.75) is 79.7 Å². The van der Waals surface area contributed by atoms with Crippen LogP contribution in [0.5, 0.6) is 0 Å². The van der Waals surface area contributed by atoms with Crippen LogP contribution in [0.2, 0.25) is 0 Å². The minimum absolute atomic E-state index is 0.449. The smallest absolute Gasteiger partial charge is 0.460 e. The highest BCUT2D eigenvalue weighted by molar-refractivity contribution is 6.26. The van der Waals surface area contributed by atoms with E-state index in [-0.39, 0.29) is 0 Å². The van der Waals surface area contributed by atoms with Gasteiger partial charge < -0.3 is 4.74 Å². The summed E-state index contributed by atoms with van der Waals surface area (Å²) in [7, 11) is 0. The van der Waals surface area contributed by atoms with Crippen LogP contribution in [0.4, 0.5) is 74.6 Å². The van der Waals surface area contributed by atoms with E-state index in [1.165, 1.54) is 0 Å². The van der Waals surface area contributed by atoms with Crippen molar-refractivity contribution in [3.63, 3.8) is 0 Å². The van der Waals surface area contributed by atoms with Gasteiger partial charge in [-0.3, -0.25) is 0 Å². The third kappa shape index (κ3) is 7.91. The van der Waals surface area contributed by atoms with Crippen molar-refractivity contribution in [2.24, 2.45) is 0 Å². The van der Waals surface area contributed by atoms with Gasteiger partial charge in [0.1, 0.15) is 0 Å². The average Bonchev–Trinajstić information content (AvgIpc) is 2.69. The highest BCUT2D eigenvalue weighted by Gasteiger charge is 2.81. The summed E-state index contributed by atoms with van der Waals surface area (Å²) in [5.41, 5.74) is 0.538. The maximum atomic E-state index is 13.7. The lowest BCUT2D eigenvalue weighted by atomic mass is 9.93. The Labute approximate surface area is 200 Å². The predicted molar refractivity (Wildman–Crippen MR) is 89.7 cm³/mol. The van der Waals surface area contributed by atoms with Gasteiger partial charge in [0.25, 0.3) is 0 Å². The number of hydrogen-bond donors (Lipinski definition) is 0. The Hall–Kier alpha value is -1.69. The number of rotatable bonds is 14. The highest BCUT2D eigenvalue weighted by atomic mass is 35.5. The van der Waals surface area contributed by atoms with Crippen molar-refractivity contribution in [1.29, 1.82) is 0 Å². The highest BCUT2D eigenvalue weighted by Crippen LogP contribution is 2.55. The first kappa shape index (κ1) is 35.3. The molecule has 20 heteroatoms. The summed E-state index contributed by atoms with van der Waals surface area (Å²) in [6, 6.07) is 0. The Morgan fingerprint density at radius 3 is 1.19 bits per heavy atom.